The number of amides is 1. The second-order valence-corrected chi connectivity index (χ2v) is 13.4. The average Bonchev–Trinajstić information content (AvgIpc) is 2.84. The second-order valence-electron chi connectivity index (χ2n) is 6.92. The Morgan fingerprint density at radius 1 is 1.38 bits per heavy atom. The minimum absolute atomic E-state index is 0.118. The highest BCUT2D eigenvalue weighted by atomic mass is 79.9. The number of aromatic nitrogens is 2. The number of carbonyl (C=O) groups excluding carboxylic acids is 1. The largest absolute Gasteiger partial charge is 0.368 e. The number of halogens is 1. The normalized spacial score (nSPS) is 12.0. The molecule has 0 aliphatic heterocycles. The van der Waals surface area contributed by atoms with E-state index < -0.39 is 14.0 Å². The zero-order chi connectivity index (χ0) is 17.7. The van der Waals surface area contributed by atoms with Crippen LogP contribution in [0.4, 0.5) is 0 Å². The molecule has 8 heteroatoms. The fourth-order valence-corrected chi connectivity index (χ4v) is 3.33. The second kappa shape index (κ2) is 8.24. The van der Waals surface area contributed by atoms with Gasteiger partial charge >= 0.3 is 0 Å². The lowest BCUT2D eigenvalue weighted by atomic mass is 10.3. The number of fused-ring (bicyclic) bond motifs is 1. The van der Waals surface area contributed by atoms with Crippen LogP contribution in [0.25, 0.3) is 11.0 Å². The molecule has 0 unspecified atom stereocenters. The molecule has 2 aromatic rings. The molecule has 0 aromatic carbocycles. The highest BCUT2D eigenvalue weighted by molar-refractivity contribution is 9.10. The molecule has 0 spiro atoms. The molecule has 24 heavy (non-hydrogen) atoms. The number of hydrogen-bond donors (Lipinski definition) is 1. The lowest BCUT2D eigenvalue weighted by molar-refractivity contribution is -0.122. The summed E-state index contributed by atoms with van der Waals surface area (Å²) in [5.41, 5.74) is 6.64. The highest BCUT2D eigenvalue weighted by Crippen LogP contribution is 2.23. The van der Waals surface area contributed by atoms with Crippen molar-refractivity contribution in [2.75, 3.05) is 13.2 Å². The van der Waals surface area contributed by atoms with Crippen molar-refractivity contribution in [3.8, 4) is 0 Å². The maximum absolute atomic E-state index is 10.8. The van der Waals surface area contributed by atoms with Crippen molar-refractivity contribution in [1.29, 1.82) is 0 Å². The molecular weight excluding hydrogens is 390 g/mol. The van der Waals surface area contributed by atoms with Gasteiger partial charge in [0, 0.05) is 30.7 Å². The smallest absolute Gasteiger partial charge is 0.243 e. The fraction of sp³-hybridized carbons (Fsp3) is 0.500. The number of ether oxygens (including phenoxy) is 2. The van der Waals surface area contributed by atoms with Gasteiger partial charge in [0.05, 0.1) is 12.3 Å². The average molecular weight is 414 g/mol. The summed E-state index contributed by atoms with van der Waals surface area (Å²) < 4.78 is 13.9. The van der Waals surface area contributed by atoms with Gasteiger partial charge in [-0.3, -0.25) is 4.79 Å². The minimum atomic E-state index is -1.08. The van der Waals surface area contributed by atoms with Crippen LogP contribution in [0.5, 0.6) is 0 Å². The number of nitrogens with two attached hydrogens (primary N) is 1. The fourth-order valence-electron chi connectivity index (χ4n) is 2.12. The topological polar surface area (TPSA) is 79.4 Å². The first-order valence-corrected chi connectivity index (χ1v) is 12.3. The molecule has 2 N–H and O–H groups in total. The van der Waals surface area contributed by atoms with Gasteiger partial charge in [-0.25, -0.2) is 4.98 Å². The Morgan fingerprint density at radius 3 is 2.79 bits per heavy atom. The van der Waals surface area contributed by atoms with E-state index in [1.807, 2.05) is 22.9 Å². The van der Waals surface area contributed by atoms with Gasteiger partial charge in [-0.2, -0.15) is 0 Å². The van der Waals surface area contributed by atoms with Gasteiger partial charge in [-0.15, -0.1) is 0 Å². The summed E-state index contributed by atoms with van der Waals surface area (Å²) in [5.74, 6) is -0.494. The summed E-state index contributed by atoms with van der Waals surface area (Å²) in [5, 5.41) is 1.02. The van der Waals surface area contributed by atoms with Crippen LogP contribution in [0.15, 0.2) is 22.8 Å². The molecule has 2 rings (SSSR count). The Balaban J connectivity index is 2.04. The van der Waals surface area contributed by atoms with E-state index in [1.165, 1.54) is 0 Å². The lowest BCUT2D eigenvalue weighted by Crippen LogP contribution is -2.22. The van der Waals surface area contributed by atoms with Crippen molar-refractivity contribution in [3.63, 3.8) is 0 Å². The zero-order valence-corrected chi connectivity index (χ0v) is 16.9. The summed E-state index contributed by atoms with van der Waals surface area (Å²) in [4.78, 5) is 15.4. The van der Waals surface area contributed by atoms with Gasteiger partial charge in [0.15, 0.2) is 0 Å². The minimum Gasteiger partial charge on any atom is -0.368 e. The first-order chi connectivity index (χ1) is 11.3. The van der Waals surface area contributed by atoms with E-state index in [1.54, 1.807) is 0 Å². The van der Waals surface area contributed by atoms with Crippen molar-refractivity contribution in [1.82, 2.24) is 9.55 Å². The predicted octanol–water partition coefficient (Wildman–Crippen LogP) is 3.11. The Kier molecular flexibility index (Phi) is 6.56. The lowest BCUT2D eigenvalue weighted by Gasteiger charge is -2.15. The van der Waals surface area contributed by atoms with E-state index in [2.05, 4.69) is 40.6 Å². The molecule has 0 aliphatic rings. The zero-order valence-electron chi connectivity index (χ0n) is 14.3. The van der Waals surface area contributed by atoms with Crippen LogP contribution < -0.4 is 5.73 Å². The van der Waals surface area contributed by atoms with Gasteiger partial charge in [-0.05, 0) is 34.1 Å². The number of nitrogens with zero attached hydrogens (tertiary/aromatic N) is 2. The van der Waals surface area contributed by atoms with Crippen LogP contribution in [0.3, 0.4) is 0 Å². The monoisotopic (exact) mass is 413 g/mol. The summed E-state index contributed by atoms with van der Waals surface area (Å²) in [6.07, 6.45) is 1.96. The summed E-state index contributed by atoms with van der Waals surface area (Å²) >= 11 is 3.48. The molecule has 0 aliphatic carbocycles. The molecule has 2 aromatic heterocycles. The molecule has 0 radical (unpaired) electrons. The van der Waals surface area contributed by atoms with Crippen LogP contribution in [0.1, 0.15) is 5.69 Å². The molecule has 0 saturated carbocycles. The number of rotatable bonds is 9. The number of primary amides is 1. The maximum atomic E-state index is 10.8. The van der Waals surface area contributed by atoms with Crippen molar-refractivity contribution in [3.05, 3.63) is 28.5 Å². The molecule has 1 amide bonds. The van der Waals surface area contributed by atoms with Gasteiger partial charge in [-0.1, -0.05) is 19.6 Å². The number of carbonyl (C=O) groups is 1. The highest BCUT2D eigenvalue weighted by Gasteiger charge is 2.13. The quantitative estimate of drug-likeness (QED) is 0.505. The molecule has 132 valence electrons. The third-order valence-corrected chi connectivity index (χ3v) is 5.86. The standard InChI is InChI=1S/C16H24BrN3O3Si/c1-24(2,3)7-6-22-11-20-5-4-12-8-13(17)14(19-16(12)20)9-23-10-15(18)21/h4-5,8H,6-7,9-11H2,1-3H3,(H2,18,21). The van der Waals surface area contributed by atoms with E-state index in [4.69, 9.17) is 15.2 Å². The Morgan fingerprint density at radius 2 is 2.12 bits per heavy atom. The summed E-state index contributed by atoms with van der Waals surface area (Å²) in [6.45, 7) is 8.34. The molecule has 0 saturated heterocycles. The van der Waals surface area contributed by atoms with Gasteiger partial charge in [0.25, 0.3) is 0 Å². The Bertz CT molecular complexity index is 712. The van der Waals surface area contributed by atoms with Crippen LogP contribution in [-0.2, 0) is 27.6 Å². The van der Waals surface area contributed by atoms with Crippen molar-refractivity contribution in [2.24, 2.45) is 5.73 Å². The van der Waals surface area contributed by atoms with E-state index in [-0.39, 0.29) is 13.2 Å². The van der Waals surface area contributed by atoms with Crippen LogP contribution in [-0.4, -0.2) is 36.7 Å². The van der Waals surface area contributed by atoms with E-state index in [0.717, 1.165) is 33.9 Å². The first kappa shape index (κ1) is 19.1. The molecule has 6 nitrogen and oxygen atoms in total. The SMILES string of the molecule is C[Si](C)(C)CCOCn1ccc2cc(Br)c(COCC(N)=O)nc21. The predicted molar refractivity (Wildman–Crippen MR) is 100 cm³/mol. The van der Waals surface area contributed by atoms with Gasteiger partial charge < -0.3 is 19.8 Å². The van der Waals surface area contributed by atoms with Crippen molar-refractivity contribution in [2.45, 2.75) is 39.0 Å². The number of hydrogen-bond acceptors (Lipinski definition) is 4. The maximum Gasteiger partial charge on any atom is 0.243 e. The summed E-state index contributed by atoms with van der Waals surface area (Å²) in [6, 6.07) is 5.13. The Labute approximate surface area is 151 Å². The Hall–Kier alpha value is -1.22. The van der Waals surface area contributed by atoms with Crippen LogP contribution >= 0.6 is 15.9 Å². The van der Waals surface area contributed by atoms with Gasteiger partial charge in [0.1, 0.15) is 19.0 Å². The van der Waals surface area contributed by atoms with Gasteiger partial charge in [0.2, 0.25) is 5.91 Å². The molecular formula is C16H24BrN3O3Si. The molecule has 0 atom stereocenters. The third kappa shape index (κ3) is 5.69. The van der Waals surface area contributed by atoms with Crippen LogP contribution in [0.2, 0.25) is 25.7 Å². The molecule has 2 heterocycles. The number of pyridine rings is 1. The van der Waals surface area contributed by atoms with E-state index >= 15 is 0 Å². The van der Waals surface area contributed by atoms with E-state index in [0.29, 0.717) is 6.73 Å². The van der Waals surface area contributed by atoms with Crippen molar-refractivity contribution < 1.29 is 14.3 Å². The molecule has 0 fully saturated rings. The first-order valence-electron chi connectivity index (χ1n) is 7.84. The van der Waals surface area contributed by atoms with Crippen LogP contribution in [0, 0.1) is 0 Å². The van der Waals surface area contributed by atoms with E-state index in [9.17, 15) is 4.79 Å². The summed E-state index contributed by atoms with van der Waals surface area (Å²) in [7, 11) is -1.08. The molecule has 0 bridgehead atoms. The van der Waals surface area contributed by atoms with Crippen molar-refractivity contribution >= 4 is 40.9 Å². The third-order valence-electron chi connectivity index (χ3n) is 3.47.